The van der Waals surface area contributed by atoms with Crippen molar-refractivity contribution in [3.05, 3.63) is 114 Å². The fraction of sp³-hybridized carbons (Fsp3) is 0.108. The third-order valence-corrected chi connectivity index (χ3v) is 10.3. The van der Waals surface area contributed by atoms with Gasteiger partial charge in [-0.1, -0.05) is 60.7 Å². The van der Waals surface area contributed by atoms with Gasteiger partial charge in [0, 0.05) is 16.2 Å². The SMILES string of the molecule is Cc1cc(N=Nc2cc(S(=O)(=O)O)c3ccccc3c2C)ccc1-c1ccc(N=Nc2cc(S(=O)(=O)O)c3ccccc3c2NC(=O)C(F)(F)F)cc1C. The molecular formula is C37H28F3N5O7S2. The second-order valence-corrected chi connectivity index (χ2v) is 15.0. The summed E-state index contributed by atoms with van der Waals surface area (Å²) in [6, 6.07) is 24.4. The fourth-order valence-electron chi connectivity index (χ4n) is 5.97. The van der Waals surface area contributed by atoms with Crippen LogP contribution >= 0.6 is 0 Å². The highest BCUT2D eigenvalue weighted by atomic mass is 32.2. The van der Waals surface area contributed by atoms with Gasteiger partial charge >= 0.3 is 12.1 Å². The first kappa shape index (κ1) is 37.9. The molecule has 0 atom stereocenters. The standard InChI is InChI=1S/C37H28F3N5O7S2/c1-20-16-23(42-44-31-18-33(53(47,48)49)28-9-5-4-8-27(28)22(31)3)12-14-25(20)26-15-13-24(17-21(26)2)43-45-32-19-34(54(50,51)52)29-10-6-7-11-30(29)35(32)41-36(46)37(38,39)40/h4-19H,1-3H3,(H,41,46)(H,47,48,49)(H,50,51,52). The van der Waals surface area contributed by atoms with E-state index in [1.165, 1.54) is 30.3 Å². The van der Waals surface area contributed by atoms with E-state index in [2.05, 4.69) is 20.5 Å². The van der Waals surface area contributed by atoms with E-state index in [1.807, 2.05) is 13.0 Å². The molecule has 276 valence electrons. The van der Waals surface area contributed by atoms with Gasteiger partial charge in [-0.2, -0.15) is 45.3 Å². The minimum Gasteiger partial charge on any atom is -0.316 e. The lowest BCUT2D eigenvalue weighted by Gasteiger charge is -2.15. The number of anilines is 1. The van der Waals surface area contributed by atoms with Crippen LogP contribution in [0.3, 0.4) is 0 Å². The zero-order valence-electron chi connectivity index (χ0n) is 28.4. The van der Waals surface area contributed by atoms with Crippen molar-refractivity contribution < 1.29 is 43.9 Å². The maximum Gasteiger partial charge on any atom is 0.471 e. The number of hydrogen-bond acceptors (Lipinski definition) is 9. The largest absolute Gasteiger partial charge is 0.471 e. The number of azo groups is 2. The molecule has 6 aromatic rings. The number of hydrogen-bond donors (Lipinski definition) is 3. The van der Waals surface area contributed by atoms with Crippen LogP contribution in [0.25, 0.3) is 32.7 Å². The molecule has 0 saturated heterocycles. The van der Waals surface area contributed by atoms with Crippen LogP contribution in [0.15, 0.2) is 127 Å². The van der Waals surface area contributed by atoms with Crippen LogP contribution in [-0.4, -0.2) is 38.0 Å². The van der Waals surface area contributed by atoms with Gasteiger partial charge in [-0.3, -0.25) is 13.9 Å². The Balaban J connectivity index is 1.32. The molecule has 0 radical (unpaired) electrons. The second kappa shape index (κ2) is 14.2. The molecule has 17 heteroatoms. The highest BCUT2D eigenvalue weighted by Gasteiger charge is 2.39. The highest BCUT2D eigenvalue weighted by Crippen LogP contribution is 2.41. The summed E-state index contributed by atoms with van der Waals surface area (Å²) in [6.45, 7) is 5.41. The number of fused-ring (bicyclic) bond motifs is 2. The lowest BCUT2D eigenvalue weighted by atomic mass is 9.96. The van der Waals surface area contributed by atoms with Crippen molar-refractivity contribution in [1.29, 1.82) is 0 Å². The van der Waals surface area contributed by atoms with Gasteiger partial charge < -0.3 is 5.32 Å². The third kappa shape index (κ3) is 7.74. The van der Waals surface area contributed by atoms with Crippen LogP contribution in [0.5, 0.6) is 0 Å². The second-order valence-electron chi connectivity index (χ2n) is 12.2. The zero-order chi connectivity index (χ0) is 39.2. The van der Waals surface area contributed by atoms with E-state index in [0.29, 0.717) is 22.0 Å². The molecule has 0 spiro atoms. The summed E-state index contributed by atoms with van der Waals surface area (Å²) >= 11 is 0. The van der Waals surface area contributed by atoms with E-state index in [0.717, 1.165) is 28.3 Å². The van der Waals surface area contributed by atoms with Crippen LogP contribution in [0, 0.1) is 20.8 Å². The number of nitrogens with zero attached hydrogens (tertiary/aromatic N) is 4. The molecule has 0 unspecified atom stereocenters. The van der Waals surface area contributed by atoms with E-state index in [-0.39, 0.29) is 27.0 Å². The van der Waals surface area contributed by atoms with Crippen LogP contribution in [0.1, 0.15) is 16.7 Å². The lowest BCUT2D eigenvalue weighted by Crippen LogP contribution is -2.30. The summed E-state index contributed by atoms with van der Waals surface area (Å²) in [7, 11) is -9.42. The average molecular weight is 776 g/mol. The predicted molar refractivity (Wildman–Crippen MR) is 197 cm³/mol. The van der Waals surface area contributed by atoms with Gasteiger partial charge in [-0.05, 0) is 90.4 Å². The molecular weight excluding hydrogens is 748 g/mol. The normalized spacial score (nSPS) is 12.7. The number of benzene rings is 6. The van der Waals surface area contributed by atoms with Crippen molar-refractivity contribution in [2.75, 3.05) is 5.32 Å². The molecule has 3 N–H and O–H groups in total. The zero-order valence-corrected chi connectivity index (χ0v) is 30.0. The van der Waals surface area contributed by atoms with Crippen LogP contribution < -0.4 is 5.32 Å². The van der Waals surface area contributed by atoms with Crippen LogP contribution in [0.4, 0.5) is 41.6 Å². The Bertz CT molecular complexity index is 2810. The minimum absolute atomic E-state index is 0.126. The monoisotopic (exact) mass is 775 g/mol. The Morgan fingerprint density at radius 2 is 1.02 bits per heavy atom. The van der Waals surface area contributed by atoms with Crippen molar-refractivity contribution in [3.63, 3.8) is 0 Å². The summed E-state index contributed by atoms with van der Waals surface area (Å²) in [5, 5.41) is 19.1. The van der Waals surface area contributed by atoms with E-state index < -0.39 is 48.6 Å². The molecule has 0 fully saturated rings. The highest BCUT2D eigenvalue weighted by molar-refractivity contribution is 7.86. The van der Waals surface area contributed by atoms with E-state index >= 15 is 0 Å². The Morgan fingerprint density at radius 1 is 0.593 bits per heavy atom. The van der Waals surface area contributed by atoms with Gasteiger partial charge in [0.25, 0.3) is 20.2 Å². The van der Waals surface area contributed by atoms with Crippen LogP contribution in [-0.2, 0) is 25.0 Å². The maximum atomic E-state index is 13.2. The van der Waals surface area contributed by atoms with E-state index in [4.69, 9.17) is 0 Å². The van der Waals surface area contributed by atoms with Gasteiger partial charge in [0.2, 0.25) is 0 Å². The molecule has 54 heavy (non-hydrogen) atoms. The number of aryl methyl sites for hydroxylation is 3. The predicted octanol–water partition coefficient (Wildman–Crippen LogP) is 10.4. The molecule has 0 aliphatic heterocycles. The van der Waals surface area contributed by atoms with Gasteiger partial charge in [0.05, 0.1) is 22.7 Å². The molecule has 12 nitrogen and oxygen atoms in total. The molecule has 1 amide bonds. The number of halogens is 3. The molecule has 0 bridgehead atoms. The Labute approximate surface area is 306 Å². The Kier molecular flexibility index (Phi) is 9.93. The van der Waals surface area contributed by atoms with Gasteiger partial charge in [-0.15, -0.1) is 5.11 Å². The molecule has 0 saturated carbocycles. The summed E-state index contributed by atoms with van der Waals surface area (Å²) in [5.41, 5.74) is 3.85. The summed E-state index contributed by atoms with van der Waals surface area (Å²) in [5.74, 6) is -2.32. The first-order valence-corrected chi connectivity index (χ1v) is 18.7. The number of nitrogens with one attached hydrogen (secondary N) is 1. The van der Waals surface area contributed by atoms with Gasteiger partial charge in [0.1, 0.15) is 15.5 Å². The topological polar surface area (TPSA) is 187 Å². The van der Waals surface area contributed by atoms with Crippen LogP contribution in [0.2, 0.25) is 0 Å². The fourth-order valence-corrected chi connectivity index (χ4v) is 7.41. The van der Waals surface area contributed by atoms with Gasteiger partial charge in [0.15, 0.2) is 0 Å². The maximum absolute atomic E-state index is 13.2. The number of amides is 1. The quantitative estimate of drug-likeness (QED) is 0.101. The van der Waals surface area contributed by atoms with Crippen molar-refractivity contribution in [2.45, 2.75) is 36.7 Å². The summed E-state index contributed by atoms with van der Waals surface area (Å²) in [6.07, 6.45) is -5.27. The number of rotatable bonds is 8. The Morgan fingerprint density at radius 3 is 1.48 bits per heavy atom. The van der Waals surface area contributed by atoms with Crippen molar-refractivity contribution in [2.24, 2.45) is 20.5 Å². The molecule has 0 aliphatic rings. The van der Waals surface area contributed by atoms with E-state index in [1.54, 1.807) is 73.8 Å². The smallest absolute Gasteiger partial charge is 0.316 e. The van der Waals surface area contributed by atoms with Crippen molar-refractivity contribution in [1.82, 2.24) is 0 Å². The first-order chi connectivity index (χ1) is 25.3. The molecule has 6 rings (SSSR count). The lowest BCUT2D eigenvalue weighted by molar-refractivity contribution is -0.167. The number of carbonyl (C=O) groups excluding carboxylic acids is 1. The minimum atomic E-state index is -5.27. The third-order valence-electron chi connectivity index (χ3n) is 8.54. The molecule has 0 aromatic heterocycles. The molecule has 6 aromatic carbocycles. The van der Waals surface area contributed by atoms with Crippen molar-refractivity contribution in [3.8, 4) is 11.1 Å². The summed E-state index contributed by atoms with van der Waals surface area (Å²) in [4.78, 5) is 11.0. The Hall–Kier alpha value is -5.88. The first-order valence-electron chi connectivity index (χ1n) is 15.8. The van der Waals surface area contributed by atoms with Crippen molar-refractivity contribution >= 4 is 76.1 Å². The van der Waals surface area contributed by atoms with E-state index in [9.17, 15) is 43.9 Å². The molecule has 0 aliphatic carbocycles. The van der Waals surface area contributed by atoms with Gasteiger partial charge in [-0.25, -0.2) is 0 Å². The number of alkyl halides is 3. The summed E-state index contributed by atoms with van der Waals surface area (Å²) < 4.78 is 108. The average Bonchev–Trinajstić information content (AvgIpc) is 3.10. The molecule has 0 heterocycles. The number of carbonyl (C=O) groups is 1.